The lowest BCUT2D eigenvalue weighted by molar-refractivity contribution is -0.137. The topological polar surface area (TPSA) is 67.3 Å². The molecular weight excluding hydrogens is 254 g/mol. The number of carbonyl (C=O) groups excluding carboxylic acids is 1. The van der Waals surface area contributed by atoms with Crippen LogP contribution in [0.5, 0.6) is 0 Å². The van der Waals surface area contributed by atoms with Crippen molar-refractivity contribution in [2.75, 3.05) is 0 Å². The van der Waals surface area contributed by atoms with E-state index in [-0.39, 0.29) is 12.2 Å². The van der Waals surface area contributed by atoms with Crippen molar-refractivity contribution in [3.05, 3.63) is 65.5 Å². The summed E-state index contributed by atoms with van der Waals surface area (Å²) in [5.41, 5.74) is 2.13. The van der Waals surface area contributed by atoms with Crippen molar-refractivity contribution in [3.8, 4) is 0 Å². The molecule has 2 rings (SSSR count). The van der Waals surface area contributed by atoms with Gasteiger partial charge in [-0.1, -0.05) is 18.2 Å². The van der Waals surface area contributed by atoms with Crippen LogP contribution in [0.3, 0.4) is 0 Å². The minimum absolute atomic E-state index is 0.0711. The van der Waals surface area contributed by atoms with E-state index in [1.807, 2.05) is 18.2 Å². The van der Waals surface area contributed by atoms with Crippen LogP contribution in [-0.2, 0) is 11.2 Å². The first kappa shape index (κ1) is 13.9. The van der Waals surface area contributed by atoms with Crippen LogP contribution in [0.4, 0.5) is 0 Å². The summed E-state index contributed by atoms with van der Waals surface area (Å²) in [5, 5.41) is 8.62. The Bertz CT molecular complexity index is 608. The quantitative estimate of drug-likeness (QED) is 0.819. The number of aromatic nitrogens is 1. The number of rotatable bonds is 6. The van der Waals surface area contributed by atoms with Crippen LogP contribution in [0, 0.1) is 0 Å². The molecular formula is C16H15NO3. The molecule has 0 aliphatic rings. The molecule has 1 aromatic carbocycles. The number of aryl methyl sites for hydroxylation is 1. The van der Waals surface area contributed by atoms with Gasteiger partial charge in [-0.25, -0.2) is 0 Å². The van der Waals surface area contributed by atoms with E-state index in [4.69, 9.17) is 5.11 Å². The fraction of sp³-hybridized carbons (Fsp3) is 0.188. The van der Waals surface area contributed by atoms with Gasteiger partial charge in [0.25, 0.3) is 0 Å². The van der Waals surface area contributed by atoms with Crippen molar-refractivity contribution in [3.63, 3.8) is 0 Å². The number of ketones is 1. The van der Waals surface area contributed by atoms with E-state index in [2.05, 4.69) is 4.98 Å². The van der Waals surface area contributed by atoms with E-state index < -0.39 is 5.97 Å². The second-order valence-electron chi connectivity index (χ2n) is 4.52. The fourth-order valence-electron chi connectivity index (χ4n) is 1.98. The summed E-state index contributed by atoms with van der Waals surface area (Å²) >= 11 is 0. The molecule has 20 heavy (non-hydrogen) atoms. The molecule has 0 bridgehead atoms. The van der Waals surface area contributed by atoms with Crippen molar-refractivity contribution in [1.29, 1.82) is 0 Å². The molecule has 0 aliphatic heterocycles. The number of benzene rings is 1. The predicted molar refractivity (Wildman–Crippen MR) is 74.7 cm³/mol. The third-order valence-electron chi connectivity index (χ3n) is 2.97. The highest BCUT2D eigenvalue weighted by Gasteiger charge is 2.09. The molecule has 0 aliphatic carbocycles. The number of carboxylic acids is 1. The number of carboxylic acid groups (broad SMARTS) is 1. The van der Waals surface area contributed by atoms with Crippen LogP contribution in [0.15, 0.2) is 48.8 Å². The Balaban J connectivity index is 2.09. The van der Waals surface area contributed by atoms with Crippen LogP contribution >= 0.6 is 0 Å². The smallest absolute Gasteiger partial charge is 0.303 e. The van der Waals surface area contributed by atoms with Gasteiger partial charge in [0.05, 0.1) is 0 Å². The molecule has 0 fully saturated rings. The Hall–Kier alpha value is -2.49. The van der Waals surface area contributed by atoms with Crippen molar-refractivity contribution in [1.82, 2.24) is 4.98 Å². The summed E-state index contributed by atoms with van der Waals surface area (Å²) in [6.45, 7) is 0. The third-order valence-corrected chi connectivity index (χ3v) is 2.97. The SMILES string of the molecule is O=C(O)CCCc1cccc(C(=O)c2cccnc2)c1. The van der Waals surface area contributed by atoms with Crippen molar-refractivity contribution in [2.24, 2.45) is 0 Å². The van der Waals surface area contributed by atoms with Gasteiger partial charge >= 0.3 is 5.97 Å². The molecule has 1 heterocycles. The lowest BCUT2D eigenvalue weighted by Gasteiger charge is -2.04. The van der Waals surface area contributed by atoms with Gasteiger partial charge in [-0.15, -0.1) is 0 Å². The van der Waals surface area contributed by atoms with E-state index in [0.717, 1.165) is 5.56 Å². The highest BCUT2D eigenvalue weighted by Crippen LogP contribution is 2.13. The van der Waals surface area contributed by atoms with Crippen molar-refractivity contribution in [2.45, 2.75) is 19.3 Å². The average molecular weight is 269 g/mol. The lowest BCUT2D eigenvalue weighted by atomic mass is 10.0. The van der Waals surface area contributed by atoms with Gasteiger partial charge in [0.2, 0.25) is 0 Å². The van der Waals surface area contributed by atoms with Crippen molar-refractivity contribution >= 4 is 11.8 Å². The number of carbonyl (C=O) groups is 2. The van der Waals surface area contributed by atoms with Gasteiger partial charge in [-0.2, -0.15) is 0 Å². The molecule has 4 heteroatoms. The molecule has 0 unspecified atom stereocenters. The Labute approximate surface area is 117 Å². The molecule has 0 saturated carbocycles. The highest BCUT2D eigenvalue weighted by atomic mass is 16.4. The minimum atomic E-state index is -0.799. The predicted octanol–water partition coefficient (Wildman–Crippen LogP) is 2.72. The number of hydrogen-bond acceptors (Lipinski definition) is 3. The minimum Gasteiger partial charge on any atom is -0.481 e. The Morgan fingerprint density at radius 2 is 1.90 bits per heavy atom. The van der Waals surface area contributed by atoms with E-state index >= 15 is 0 Å². The van der Waals surface area contributed by atoms with Gasteiger partial charge in [0.1, 0.15) is 0 Å². The van der Waals surface area contributed by atoms with E-state index in [1.165, 1.54) is 0 Å². The maximum atomic E-state index is 12.2. The largest absolute Gasteiger partial charge is 0.481 e. The number of pyridine rings is 1. The summed E-state index contributed by atoms with van der Waals surface area (Å²) in [4.78, 5) is 26.7. The van der Waals surface area contributed by atoms with Gasteiger partial charge in [-0.3, -0.25) is 14.6 Å². The molecule has 102 valence electrons. The first-order valence-electron chi connectivity index (χ1n) is 6.42. The zero-order valence-corrected chi connectivity index (χ0v) is 11.0. The Morgan fingerprint density at radius 1 is 1.10 bits per heavy atom. The molecule has 4 nitrogen and oxygen atoms in total. The second kappa shape index (κ2) is 6.61. The monoisotopic (exact) mass is 269 g/mol. The molecule has 0 spiro atoms. The number of aliphatic carboxylic acids is 1. The number of hydrogen-bond donors (Lipinski definition) is 1. The van der Waals surface area contributed by atoms with Gasteiger partial charge in [0, 0.05) is 29.9 Å². The van der Waals surface area contributed by atoms with Crippen LogP contribution in [0.25, 0.3) is 0 Å². The van der Waals surface area contributed by atoms with Crippen LogP contribution in [0.2, 0.25) is 0 Å². The normalized spacial score (nSPS) is 10.2. The van der Waals surface area contributed by atoms with Gasteiger partial charge in [0.15, 0.2) is 5.78 Å². The Morgan fingerprint density at radius 3 is 2.60 bits per heavy atom. The first-order chi connectivity index (χ1) is 9.66. The van der Waals surface area contributed by atoms with E-state index in [9.17, 15) is 9.59 Å². The zero-order chi connectivity index (χ0) is 14.4. The molecule has 0 amide bonds. The standard InChI is InChI=1S/C16H15NO3/c18-15(19)8-2-5-12-4-1-6-13(10-12)16(20)14-7-3-9-17-11-14/h1,3-4,6-7,9-11H,2,5,8H2,(H,18,19). The summed E-state index contributed by atoms with van der Waals surface area (Å²) in [6, 6.07) is 10.8. The molecule has 1 aromatic heterocycles. The molecule has 0 radical (unpaired) electrons. The molecule has 2 aromatic rings. The summed E-state index contributed by atoms with van der Waals surface area (Å²) < 4.78 is 0. The van der Waals surface area contributed by atoms with Crippen LogP contribution < -0.4 is 0 Å². The molecule has 0 saturated heterocycles. The highest BCUT2D eigenvalue weighted by molar-refractivity contribution is 6.08. The summed E-state index contributed by atoms with van der Waals surface area (Å²) in [7, 11) is 0. The fourth-order valence-corrected chi connectivity index (χ4v) is 1.98. The zero-order valence-electron chi connectivity index (χ0n) is 11.0. The molecule has 1 N–H and O–H groups in total. The maximum Gasteiger partial charge on any atom is 0.303 e. The summed E-state index contributed by atoms with van der Waals surface area (Å²) in [5.74, 6) is -0.870. The Kier molecular flexibility index (Phi) is 4.60. The van der Waals surface area contributed by atoms with Crippen LogP contribution in [0.1, 0.15) is 34.3 Å². The molecule has 0 atom stereocenters. The third kappa shape index (κ3) is 3.75. The van der Waals surface area contributed by atoms with Crippen molar-refractivity contribution < 1.29 is 14.7 Å². The van der Waals surface area contributed by atoms with Crippen LogP contribution in [-0.4, -0.2) is 21.8 Å². The number of nitrogens with zero attached hydrogens (tertiary/aromatic N) is 1. The van der Waals surface area contributed by atoms with Gasteiger partial charge in [-0.05, 0) is 36.6 Å². The first-order valence-corrected chi connectivity index (χ1v) is 6.42. The average Bonchev–Trinajstić information content (AvgIpc) is 2.47. The van der Waals surface area contributed by atoms with E-state index in [0.29, 0.717) is 24.0 Å². The maximum absolute atomic E-state index is 12.2. The van der Waals surface area contributed by atoms with Gasteiger partial charge < -0.3 is 5.11 Å². The summed E-state index contributed by atoms with van der Waals surface area (Å²) in [6.07, 6.45) is 4.53. The lowest BCUT2D eigenvalue weighted by Crippen LogP contribution is -2.02. The van der Waals surface area contributed by atoms with E-state index in [1.54, 1.807) is 30.6 Å². The second-order valence-corrected chi connectivity index (χ2v) is 4.52.